The van der Waals surface area contributed by atoms with Crippen LogP contribution in [0.2, 0.25) is 0 Å². The molecule has 1 aliphatic rings. The van der Waals surface area contributed by atoms with Gasteiger partial charge in [0, 0.05) is 17.2 Å². The van der Waals surface area contributed by atoms with Gasteiger partial charge in [0.2, 0.25) is 5.76 Å². The summed E-state index contributed by atoms with van der Waals surface area (Å²) in [6.45, 7) is 0. The van der Waals surface area contributed by atoms with Crippen LogP contribution in [0.15, 0.2) is 48.2 Å². The highest BCUT2D eigenvalue weighted by atomic mass is 16.6. The molecule has 2 aromatic rings. The van der Waals surface area contributed by atoms with Crippen LogP contribution in [0.25, 0.3) is 5.76 Å². The van der Waals surface area contributed by atoms with Crippen LogP contribution in [0.1, 0.15) is 11.1 Å². The van der Waals surface area contributed by atoms with Gasteiger partial charge in [0.1, 0.15) is 5.75 Å². The van der Waals surface area contributed by atoms with Gasteiger partial charge in [-0.05, 0) is 6.07 Å². The molecule has 0 aromatic heterocycles. The zero-order valence-electron chi connectivity index (χ0n) is 12.7. The van der Waals surface area contributed by atoms with E-state index in [1.807, 2.05) is 18.2 Å². The third-order valence-corrected chi connectivity index (χ3v) is 3.64. The van der Waals surface area contributed by atoms with E-state index in [1.165, 1.54) is 14.2 Å². The van der Waals surface area contributed by atoms with Gasteiger partial charge in [-0.15, -0.1) is 0 Å². The van der Waals surface area contributed by atoms with Gasteiger partial charge in [0.15, 0.2) is 11.5 Å². The summed E-state index contributed by atoms with van der Waals surface area (Å²) in [4.78, 5) is 11.1. The SMILES string of the molecule is COc1cc2c(c(OC)c1)OC(c1ccccc1)=C([N+](=O)[O-])C2. The highest BCUT2D eigenvalue weighted by molar-refractivity contribution is 5.69. The predicted molar refractivity (Wildman–Crippen MR) is 84.2 cm³/mol. The van der Waals surface area contributed by atoms with Crippen LogP contribution in [0.5, 0.6) is 17.2 Å². The van der Waals surface area contributed by atoms with Crippen LogP contribution in [0.4, 0.5) is 0 Å². The maximum absolute atomic E-state index is 11.5. The third kappa shape index (κ3) is 2.70. The topological polar surface area (TPSA) is 70.8 Å². The Kier molecular flexibility index (Phi) is 3.89. The van der Waals surface area contributed by atoms with E-state index in [-0.39, 0.29) is 17.9 Å². The lowest BCUT2D eigenvalue weighted by molar-refractivity contribution is -0.427. The van der Waals surface area contributed by atoms with Crippen molar-refractivity contribution in [1.29, 1.82) is 0 Å². The number of benzene rings is 2. The summed E-state index contributed by atoms with van der Waals surface area (Å²) in [5.74, 6) is 1.77. The lowest BCUT2D eigenvalue weighted by atomic mass is 10.0. The van der Waals surface area contributed by atoms with Crippen molar-refractivity contribution in [3.8, 4) is 17.2 Å². The fraction of sp³-hybridized carbons (Fsp3) is 0.176. The molecule has 0 radical (unpaired) electrons. The molecule has 0 spiro atoms. The largest absolute Gasteiger partial charge is 0.497 e. The maximum atomic E-state index is 11.5. The van der Waals surface area contributed by atoms with Gasteiger partial charge in [-0.3, -0.25) is 10.1 Å². The summed E-state index contributed by atoms with van der Waals surface area (Å²) in [6.07, 6.45) is 0.139. The van der Waals surface area contributed by atoms with Crippen LogP contribution in [0.3, 0.4) is 0 Å². The van der Waals surface area contributed by atoms with E-state index in [4.69, 9.17) is 14.2 Å². The third-order valence-electron chi connectivity index (χ3n) is 3.64. The minimum atomic E-state index is -0.406. The lowest BCUT2D eigenvalue weighted by Gasteiger charge is -2.21. The molecule has 0 amide bonds. The molecule has 0 N–H and O–H groups in total. The number of hydrogen-bond donors (Lipinski definition) is 0. The Hall–Kier alpha value is -3.02. The average Bonchev–Trinajstić information content (AvgIpc) is 2.60. The monoisotopic (exact) mass is 313 g/mol. The van der Waals surface area contributed by atoms with E-state index in [0.29, 0.717) is 28.4 Å². The lowest BCUT2D eigenvalue weighted by Crippen LogP contribution is -2.16. The van der Waals surface area contributed by atoms with E-state index in [2.05, 4.69) is 0 Å². The molecule has 0 unspecified atom stereocenters. The van der Waals surface area contributed by atoms with Gasteiger partial charge in [-0.2, -0.15) is 0 Å². The van der Waals surface area contributed by atoms with Crippen molar-refractivity contribution in [2.45, 2.75) is 6.42 Å². The maximum Gasteiger partial charge on any atom is 0.293 e. The van der Waals surface area contributed by atoms with Crippen molar-refractivity contribution in [2.75, 3.05) is 14.2 Å². The number of fused-ring (bicyclic) bond motifs is 1. The molecule has 6 nitrogen and oxygen atoms in total. The number of ether oxygens (including phenoxy) is 3. The van der Waals surface area contributed by atoms with Crippen molar-refractivity contribution >= 4 is 5.76 Å². The molecule has 0 saturated carbocycles. The highest BCUT2D eigenvalue weighted by Crippen LogP contribution is 2.43. The second kappa shape index (κ2) is 6.00. The smallest absolute Gasteiger partial charge is 0.293 e. The molecule has 118 valence electrons. The first-order chi connectivity index (χ1) is 11.1. The van der Waals surface area contributed by atoms with Gasteiger partial charge in [0.25, 0.3) is 5.70 Å². The van der Waals surface area contributed by atoms with Gasteiger partial charge < -0.3 is 14.2 Å². The van der Waals surface area contributed by atoms with Crippen LogP contribution in [-0.4, -0.2) is 19.1 Å². The second-order valence-electron chi connectivity index (χ2n) is 5.00. The summed E-state index contributed by atoms with van der Waals surface area (Å²) in [5, 5.41) is 11.5. The molecule has 6 heteroatoms. The number of rotatable bonds is 4. The first-order valence-electron chi connectivity index (χ1n) is 6.99. The predicted octanol–water partition coefficient (Wildman–Crippen LogP) is 3.28. The molecule has 2 aromatic carbocycles. The van der Waals surface area contributed by atoms with E-state index < -0.39 is 4.92 Å². The van der Waals surface area contributed by atoms with Crippen molar-refractivity contribution < 1.29 is 19.1 Å². The molecular formula is C17H15NO5. The van der Waals surface area contributed by atoms with E-state index in [0.717, 1.165) is 0 Å². The van der Waals surface area contributed by atoms with Crippen LogP contribution >= 0.6 is 0 Å². The number of nitrogens with zero attached hydrogens (tertiary/aromatic N) is 1. The Morgan fingerprint density at radius 1 is 1.13 bits per heavy atom. The quantitative estimate of drug-likeness (QED) is 0.640. The van der Waals surface area contributed by atoms with Crippen molar-refractivity contribution in [3.63, 3.8) is 0 Å². The number of hydrogen-bond acceptors (Lipinski definition) is 5. The molecule has 0 fully saturated rings. The molecule has 0 atom stereocenters. The van der Waals surface area contributed by atoms with E-state index in [9.17, 15) is 10.1 Å². The van der Waals surface area contributed by atoms with Crippen molar-refractivity contribution in [2.24, 2.45) is 0 Å². The normalized spacial score (nSPS) is 13.1. The minimum absolute atomic E-state index is 0.0130. The summed E-state index contributed by atoms with van der Waals surface area (Å²) in [6, 6.07) is 12.4. The summed E-state index contributed by atoms with van der Waals surface area (Å²) >= 11 is 0. The first kappa shape index (κ1) is 14.9. The Labute approximate surface area is 133 Å². The first-order valence-corrected chi connectivity index (χ1v) is 6.99. The van der Waals surface area contributed by atoms with Crippen molar-refractivity contribution in [3.05, 3.63) is 69.4 Å². The zero-order chi connectivity index (χ0) is 16.4. The second-order valence-corrected chi connectivity index (χ2v) is 5.00. The standard InChI is InChI=1S/C17H15NO5/c1-21-13-8-12-9-14(18(19)20)16(11-6-4-3-5-7-11)23-17(12)15(10-13)22-2/h3-8,10H,9H2,1-2H3. The molecule has 1 aliphatic heterocycles. The Balaban J connectivity index is 2.14. The van der Waals surface area contributed by atoms with Gasteiger partial charge >= 0.3 is 0 Å². The van der Waals surface area contributed by atoms with Crippen molar-refractivity contribution in [1.82, 2.24) is 0 Å². The Bertz CT molecular complexity index is 783. The molecule has 1 heterocycles. The summed E-state index contributed by atoms with van der Waals surface area (Å²) in [7, 11) is 3.05. The van der Waals surface area contributed by atoms with Crippen LogP contribution in [0, 0.1) is 10.1 Å². The average molecular weight is 313 g/mol. The fourth-order valence-corrected chi connectivity index (χ4v) is 2.53. The summed E-state index contributed by atoms with van der Waals surface area (Å²) < 4.78 is 16.4. The van der Waals surface area contributed by atoms with Crippen LogP contribution in [-0.2, 0) is 6.42 Å². The number of nitro groups is 1. The number of methoxy groups -OCH3 is 2. The zero-order valence-corrected chi connectivity index (χ0v) is 12.7. The molecule has 23 heavy (non-hydrogen) atoms. The Morgan fingerprint density at radius 3 is 2.48 bits per heavy atom. The molecular weight excluding hydrogens is 298 g/mol. The van der Waals surface area contributed by atoms with Gasteiger partial charge in [-0.25, -0.2) is 0 Å². The van der Waals surface area contributed by atoms with Gasteiger partial charge in [0.05, 0.1) is 25.6 Å². The molecule has 0 saturated heterocycles. The summed E-state index contributed by atoms with van der Waals surface area (Å²) in [5.41, 5.74) is 1.33. The molecule has 0 aliphatic carbocycles. The molecule has 0 bridgehead atoms. The molecule has 3 rings (SSSR count). The van der Waals surface area contributed by atoms with Gasteiger partial charge in [-0.1, -0.05) is 30.3 Å². The fourth-order valence-electron chi connectivity index (χ4n) is 2.53. The van der Waals surface area contributed by atoms with E-state index in [1.54, 1.807) is 24.3 Å². The van der Waals surface area contributed by atoms with E-state index >= 15 is 0 Å². The number of allylic oxidation sites excluding steroid dienone is 1. The minimum Gasteiger partial charge on any atom is -0.497 e. The van der Waals surface area contributed by atoms with Crippen LogP contribution < -0.4 is 14.2 Å². The highest BCUT2D eigenvalue weighted by Gasteiger charge is 2.31. The Morgan fingerprint density at radius 2 is 1.87 bits per heavy atom.